The molecule has 0 saturated heterocycles. The molecule has 1 aliphatic rings. The Labute approximate surface area is 89.3 Å². The first kappa shape index (κ1) is 10.3. The van der Waals surface area contributed by atoms with Gasteiger partial charge in [-0.3, -0.25) is 4.90 Å². The number of aromatic hydroxyl groups is 1. The van der Waals surface area contributed by atoms with Crippen LogP contribution in [0.15, 0.2) is 18.2 Å². The lowest BCUT2D eigenvalue weighted by Crippen LogP contribution is -2.48. The maximum atomic E-state index is 9.35. The second kappa shape index (κ2) is 3.40. The van der Waals surface area contributed by atoms with Gasteiger partial charge in [-0.1, -0.05) is 0 Å². The topological polar surface area (TPSA) is 58.7 Å². The zero-order valence-electron chi connectivity index (χ0n) is 9.03. The van der Waals surface area contributed by atoms with Gasteiger partial charge in [0.1, 0.15) is 18.1 Å². The van der Waals surface area contributed by atoms with Gasteiger partial charge in [-0.25, -0.2) is 0 Å². The number of fused-ring (bicyclic) bond motifs is 1. The Morgan fingerprint density at radius 2 is 2.27 bits per heavy atom. The summed E-state index contributed by atoms with van der Waals surface area (Å²) in [5.41, 5.74) is 6.63. The predicted molar refractivity (Wildman–Crippen MR) is 58.0 cm³/mol. The van der Waals surface area contributed by atoms with Crippen LogP contribution in [-0.2, 0) is 5.54 Å². The van der Waals surface area contributed by atoms with Gasteiger partial charge in [0.25, 0.3) is 0 Å². The Bertz CT molecular complexity index is 379. The van der Waals surface area contributed by atoms with Gasteiger partial charge in [0, 0.05) is 18.2 Å². The van der Waals surface area contributed by atoms with E-state index in [1.807, 2.05) is 20.2 Å². The predicted octanol–water partition coefficient (Wildman–Crippen LogP) is 0.500. The van der Waals surface area contributed by atoms with Crippen molar-refractivity contribution in [1.82, 2.24) is 4.90 Å². The first-order valence-corrected chi connectivity index (χ1v) is 4.94. The second-order valence-electron chi connectivity index (χ2n) is 4.10. The minimum atomic E-state index is -0.261. The van der Waals surface area contributed by atoms with Crippen LogP contribution >= 0.6 is 0 Å². The number of nitrogens with zero attached hydrogens (tertiary/aromatic N) is 1. The molecule has 2 rings (SSSR count). The van der Waals surface area contributed by atoms with Crippen LogP contribution in [0.4, 0.5) is 0 Å². The molecule has 0 radical (unpaired) electrons. The van der Waals surface area contributed by atoms with E-state index in [4.69, 9.17) is 10.5 Å². The number of nitrogens with two attached hydrogens (primary N) is 1. The van der Waals surface area contributed by atoms with Crippen molar-refractivity contribution in [2.75, 3.05) is 27.2 Å². The highest BCUT2D eigenvalue weighted by Crippen LogP contribution is 2.41. The maximum Gasteiger partial charge on any atom is 0.128 e. The van der Waals surface area contributed by atoms with Crippen molar-refractivity contribution in [3.05, 3.63) is 23.8 Å². The highest BCUT2D eigenvalue weighted by Gasteiger charge is 2.41. The molecule has 0 spiro atoms. The molecule has 0 fully saturated rings. The van der Waals surface area contributed by atoms with Crippen molar-refractivity contribution in [3.8, 4) is 11.5 Å². The van der Waals surface area contributed by atoms with E-state index in [0.717, 1.165) is 11.3 Å². The summed E-state index contributed by atoms with van der Waals surface area (Å²) in [6.45, 7) is 1.03. The van der Waals surface area contributed by atoms with E-state index in [1.165, 1.54) is 0 Å². The van der Waals surface area contributed by atoms with E-state index in [0.29, 0.717) is 13.2 Å². The van der Waals surface area contributed by atoms with Gasteiger partial charge in [0.15, 0.2) is 0 Å². The molecule has 1 atom stereocenters. The number of hydrogen-bond donors (Lipinski definition) is 2. The molecule has 1 aromatic carbocycles. The smallest absolute Gasteiger partial charge is 0.128 e. The third-order valence-corrected chi connectivity index (χ3v) is 3.13. The number of rotatable bonds is 2. The minimum Gasteiger partial charge on any atom is -0.508 e. The van der Waals surface area contributed by atoms with Crippen molar-refractivity contribution in [1.29, 1.82) is 0 Å². The summed E-state index contributed by atoms with van der Waals surface area (Å²) < 4.78 is 5.57. The van der Waals surface area contributed by atoms with Gasteiger partial charge >= 0.3 is 0 Å². The van der Waals surface area contributed by atoms with Crippen LogP contribution in [0.1, 0.15) is 5.56 Å². The highest BCUT2D eigenvalue weighted by atomic mass is 16.5. The van der Waals surface area contributed by atoms with E-state index in [2.05, 4.69) is 4.90 Å². The van der Waals surface area contributed by atoms with Crippen LogP contribution < -0.4 is 10.5 Å². The summed E-state index contributed by atoms with van der Waals surface area (Å²) >= 11 is 0. The standard InChI is InChI=1S/C11H16N2O2/c1-13(2)11(6-12)7-15-10-5-8(14)3-4-9(10)11/h3-5,14H,6-7,12H2,1-2H3. The monoisotopic (exact) mass is 208 g/mol. The van der Waals surface area contributed by atoms with Crippen molar-refractivity contribution in [2.24, 2.45) is 5.73 Å². The minimum absolute atomic E-state index is 0.223. The summed E-state index contributed by atoms with van der Waals surface area (Å²) in [5, 5.41) is 9.35. The quantitative estimate of drug-likeness (QED) is 0.743. The van der Waals surface area contributed by atoms with E-state index in [-0.39, 0.29) is 11.3 Å². The van der Waals surface area contributed by atoms with Crippen LogP contribution in [0.3, 0.4) is 0 Å². The van der Waals surface area contributed by atoms with E-state index in [1.54, 1.807) is 12.1 Å². The molecule has 4 nitrogen and oxygen atoms in total. The fourth-order valence-electron chi connectivity index (χ4n) is 2.01. The van der Waals surface area contributed by atoms with Crippen molar-refractivity contribution in [2.45, 2.75) is 5.54 Å². The lowest BCUT2D eigenvalue weighted by molar-refractivity contribution is 0.120. The number of benzene rings is 1. The van der Waals surface area contributed by atoms with Gasteiger partial charge in [-0.15, -0.1) is 0 Å². The van der Waals surface area contributed by atoms with E-state index < -0.39 is 0 Å². The molecule has 1 heterocycles. The summed E-state index contributed by atoms with van der Waals surface area (Å²) in [6, 6.07) is 5.18. The van der Waals surface area contributed by atoms with Crippen molar-refractivity contribution in [3.63, 3.8) is 0 Å². The van der Waals surface area contributed by atoms with E-state index in [9.17, 15) is 5.11 Å². The first-order chi connectivity index (χ1) is 7.10. The van der Waals surface area contributed by atoms with Gasteiger partial charge in [0.2, 0.25) is 0 Å². The van der Waals surface area contributed by atoms with Crippen molar-refractivity contribution < 1.29 is 9.84 Å². The molecular weight excluding hydrogens is 192 g/mol. The zero-order valence-corrected chi connectivity index (χ0v) is 9.03. The first-order valence-electron chi connectivity index (χ1n) is 4.94. The maximum absolute atomic E-state index is 9.35. The summed E-state index contributed by atoms with van der Waals surface area (Å²) in [6.07, 6.45) is 0. The Balaban J connectivity index is 2.51. The number of phenols is 1. The molecule has 3 N–H and O–H groups in total. The third kappa shape index (κ3) is 1.37. The van der Waals surface area contributed by atoms with Gasteiger partial charge < -0.3 is 15.6 Å². The second-order valence-corrected chi connectivity index (χ2v) is 4.10. The molecule has 82 valence electrons. The number of phenolic OH excluding ortho intramolecular Hbond substituents is 1. The Kier molecular flexibility index (Phi) is 2.32. The molecule has 15 heavy (non-hydrogen) atoms. The van der Waals surface area contributed by atoms with Gasteiger partial charge in [-0.2, -0.15) is 0 Å². The average molecular weight is 208 g/mol. The Morgan fingerprint density at radius 1 is 1.53 bits per heavy atom. The molecule has 0 bridgehead atoms. The van der Waals surface area contributed by atoms with Crippen LogP contribution in [0.25, 0.3) is 0 Å². The number of hydrogen-bond acceptors (Lipinski definition) is 4. The molecule has 4 heteroatoms. The molecule has 0 aromatic heterocycles. The largest absolute Gasteiger partial charge is 0.508 e. The van der Waals surface area contributed by atoms with Crippen LogP contribution in [0, 0.1) is 0 Å². The lowest BCUT2D eigenvalue weighted by Gasteiger charge is -2.33. The number of likely N-dealkylation sites (N-methyl/N-ethyl adjacent to an activating group) is 1. The van der Waals surface area contributed by atoms with Crippen LogP contribution in [0.5, 0.6) is 11.5 Å². The van der Waals surface area contributed by atoms with E-state index >= 15 is 0 Å². The summed E-state index contributed by atoms with van der Waals surface area (Å²) in [5.74, 6) is 0.953. The van der Waals surface area contributed by atoms with Crippen molar-refractivity contribution >= 4 is 0 Å². The molecule has 0 aliphatic carbocycles. The summed E-state index contributed by atoms with van der Waals surface area (Å²) in [4.78, 5) is 2.07. The summed E-state index contributed by atoms with van der Waals surface area (Å²) in [7, 11) is 3.97. The Hall–Kier alpha value is -1.26. The fraction of sp³-hybridized carbons (Fsp3) is 0.455. The molecule has 1 aromatic rings. The lowest BCUT2D eigenvalue weighted by atomic mass is 9.91. The average Bonchev–Trinajstić information content (AvgIpc) is 2.56. The van der Waals surface area contributed by atoms with Crippen LogP contribution in [0.2, 0.25) is 0 Å². The van der Waals surface area contributed by atoms with Gasteiger partial charge in [-0.05, 0) is 26.2 Å². The molecular formula is C11H16N2O2. The SMILES string of the molecule is CN(C)C1(CN)COc2cc(O)ccc21. The normalized spacial score (nSPS) is 24.0. The van der Waals surface area contributed by atoms with Gasteiger partial charge in [0.05, 0.1) is 5.54 Å². The zero-order chi connectivity index (χ0) is 11.1. The molecule has 0 amide bonds. The Morgan fingerprint density at radius 3 is 2.87 bits per heavy atom. The highest BCUT2D eigenvalue weighted by molar-refractivity contribution is 5.47. The molecule has 1 aliphatic heterocycles. The molecule has 0 saturated carbocycles. The van der Waals surface area contributed by atoms with Crippen LogP contribution in [-0.4, -0.2) is 37.3 Å². The molecule has 1 unspecified atom stereocenters. The number of ether oxygens (including phenoxy) is 1. The fourth-order valence-corrected chi connectivity index (χ4v) is 2.01. The third-order valence-electron chi connectivity index (χ3n) is 3.13.